The molecule has 1 aliphatic heterocycles. The molecule has 1 aromatic rings. The smallest absolute Gasteiger partial charge is 0.325 e. The topological polar surface area (TPSA) is 490 Å². The van der Waals surface area contributed by atoms with Crippen LogP contribution in [0.4, 0.5) is 0 Å². The maximum absolute atomic E-state index is 14.0. The Balaban J connectivity index is 2.33. The molecule has 0 aliphatic carbocycles. The molecule has 1 fully saturated rings. The number of rotatable bonds is 32. The number of carboxylic acid groups (broad SMARTS) is 2. The van der Waals surface area contributed by atoms with E-state index in [2.05, 4.69) is 57.5 Å². The van der Waals surface area contributed by atoms with Crippen LogP contribution >= 0.6 is 0 Å². The molecule has 0 radical (unpaired) electrons. The summed E-state index contributed by atoms with van der Waals surface area (Å²) >= 11 is 0. The lowest BCUT2D eigenvalue weighted by molar-refractivity contribution is -0.144. The Kier molecular flexibility index (Phi) is 26.3. The zero-order valence-electron chi connectivity index (χ0n) is 43.8. The van der Waals surface area contributed by atoms with Gasteiger partial charge in [0.25, 0.3) is 0 Å². The molecule has 0 saturated carbocycles. The maximum Gasteiger partial charge on any atom is 0.325 e. The number of carbonyl (C=O) groups is 12. The van der Waals surface area contributed by atoms with Gasteiger partial charge in [0.1, 0.15) is 54.4 Å². The van der Waals surface area contributed by atoms with E-state index in [1.807, 2.05) is 13.8 Å². The van der Waals surface area contributed by atoms with Crippen molar-refractivity contribution in [2.75, 3.05) is 13.1 Å². The first-order valence-corrected chi connectivity index (χ1v) is 24.8. The summed E-state index contributed by atoms with van der Waals surface area (Å²) in [6, 6.07) is -13.6. The number of amides is 10. The number of aliphatic carboxylic acids is 2. The lowest BCUT2D eigenvalue weighted by Crippen LogP contribution is -2.60. The van der Waals surface area contributed by atoms with Gasteiger partial charge in [0.15, 0.2) is 5.96 Å². The van der Waals surface area contributed by atoms with Crippen LogP contribution in [0.25, 0.3) is 0 Å². The van der Waals surface area contributed by atoms with E-state index in [0.717, 1.165) is 0 Å². The summed E-state index contributed by atoms with van der Waals surface area (Å²) in [6.45, 7) is 10.8. The van der Waals surface area contributed by atoms with Crippen molar-refractivity contribution < 1.29 is 67.7 Å². The third-order valence-electron chi connectivity index (χ3n) is 11.9. The second-order valence-corrected chi connectivity index (χ2v) is 19.3. The normalized spacial score (nSPS) is 16.7. The molecular formula is C46H76N16O14. The average Bonchev–Trinajstić information content (AvgIpc) is 4.04. The standard InChI is InChI=1S/C46H76N16O14/c1-21(2)16-27(47)37(67)61-35(22(3)4)43(73)58-29(12-13-34(64)65)39(69)57-28(10-8-14-52-46(49)50)38(68)60-31(18-33(48)63)41(71)54-23(5)36(66)59-30(17-26-19-51-20-53-26)40(70)55-24(6)44(74)62-15-9-11-32(62)42(72)56-25(7)45(75)76/h19-25,27-32,35H,8-18,47H2,1-7H3,(H2,48,63)(H,51,53)(H,54,71)(H,55,70)(H,56,72)(H,57,69)(H,58,73)(H,59,66)(H,60,68)(H,61,67)(H,64,65)(H,75,76)(H4,49,50,52)/t23-,24-,25-,27-,28-,29-,30-,31-,32-,35-/m0/s1. The highest BCUT2D eigenvalue weighted by Gasteiger charge is 2.39. The van der Waals surface area contributed by atoms with Crippen LogP contribution in [0, 0.1) is 11.8 Å². The number of nitrogens with zero attached hydrogens (tertiary/aromatic N) is 3. The monoisotopic (exact) mass is 1080 g/mol. The zero-order chi connectivity index (χ0) is 57.6. The molecule has 30 heteroatoms. The molecule has 10 amide bonds. The Bertz CT molecular complexity index is 2260. The first kappa shape index (κ1) is 64.2. The molecule has 424 valence electrons. The highest BCUT2D eigenvalue weighted by atomic mass is 16.4. The number of likely N-dealkylation sites (tertiary alicyclic amines) is 1. The van der Waals surface area contributed by atoms with Gasteiger partial charge in [0.2, 0.25) is 59.1 Å². The van der Waals surface area contributed by atoms with Gasteiger partial charge in [-0.1, -0.05) is 27.7 Å². The number of aromatic amines is 1. The van der Waals surface area contributed by atoms with Crippen molar-refractivity contribution >= 4 is 77.0 Å². The quantitative estimate of drug-likeness (QED) is 0.0182. The Morgan fingerprint density at radius 1 is 0.697 bits per heavy atom. The number of nitrogens with one attached hydrogen (secondary N) is 9. The van der Waals surface area contributed by atoms with Gasteiger partial charge in [-0.3, -0.25) is 62.5 Å². The number of carbonyl (C=O) groups excluding carboxylic acids is 10. The largest absolute Gasteiger partial charge is 0.481 e. The first-order chi connectivity index (χ1) is 35.5. The van der Waals surface area contributed by atoms with Crippen LogP contribution in [0.2, 0.25) is 0 Å². The molecule has 30 nitrogen and oxygen atoms in total. The van der Waals surface area contributed by atoms with Crippen molar-refractivity contribution in [3.8, 4) is 0 Å². The lowest BCUT2D eigenvalue weighted by Gasteiger charge is -2.29. The molecule has 0 unspecified atom stereocenters. The van der Waals surface area contributed by atoms with Crippen LogP contribution in [-0.2, 0) is 64.0 Å². The highest BCUT2D eigenvalue weighted by Crippen LogP contribution is 2.19. The molecule has 2 rings (SSSR count). The molecule has 1 saturated heterocycles. The van der Waals surface area contributed by atoms with E-state index >= 15 is 0 Å². The van der Waals surface area contributed by atoms with Crippen molar-refractivity contribution in [3.63, 3.8) is 0 Å². The lowest BCUT2D eigenvalue weighted by atomic mass is 9.99. The van der Waals surface area contributed by atoms with Crippen molar-refractivity contribution in [1.82, 2.24) is 57.4 Å². The van der Waals surface area contributed by atoms with E-state index in [-0.39, 0.29) is 50.7 Å². The number of guanidine groups is 1. The Hall–Kier alpha value is -7.92. The predicted molar refractivity (Wildman–Crippen MR) is 270 cm³/mol. The minimum Gasteiger partial charge on any atom is -0.481 e. The number of carboxylic acids is 2. The Labute approximate surface area is 438 Å². The van der Waals surface area contributed by atoms with E-state index in [4.69, 9.17) is 22.9 Å². The van der Waals surface area contributed by atoms with Gasteiger partial charge >= 0.3 is 11.9 Å². The number of hydrogen-bond donors (Lipinski definition) is 15. The van der Waals surface area contributed by atoms with Crippen molar-refractivity contribution in [3.05, 3.63) is 18.2 Å². The molecule has 19 N–H and O–H groups in total. The number of primary amides is 1. The van der Waals surface area contributed by atoms with Gasteiger partial charge in [-0.15, -0.1) is 0 Å². The molecule has 2 heterocycles. The van der Waals surface area contributed by atoms with Crippen LogP contribution in [0.15, 0.2) is 17.5 Å². The number of aliphatic imine (C=N–C) groups is 1. The van der Waals surface area contributed by atoms with Crippen molar-refractivity contribution in [2.45, 2.75) is 167 Å². The second-order valence-electron chi connectivity index (χ2n) is 19.3. The van der Waals surface area contributed by atoms with Gasteiger partial charge < -0.3 is 85.6 Å². The van der Waals surface area contributed by atoms with Crippen molar-refractivity contribution in [1.29, 1.82) is 0 Å². The highest BCUT2D eigenvalue weighted by molar-refractivity contribution is 5.99. The van der Waals surface area contributed by atoms with Crippen LogP contribution in [-0.4, -0.2) is 176 Å². The summed E-state index contributed by atoms with van der Waals surface area (Å²) in [7, 11) is 0. The minimum absolute atomic E-state index is 0.0223. The molecule has 10 atom stereocenters. The molecule has 76 heavy (non-hydrogen) atoms. The summed E-state index contributed by atoms with van der Waals surface area (Å²) in [4.78, 5) is 169. The number of imidazole rings is 1. The van der Waals surface area contributed by atoms with Crippen molar-refractivity contribution in [2.24, 2.45) is 39.8 Å². The fourth-order valence-electron chi connectivity index (χ4n) is 7.74. The Morgan fingerprint density at radius 3 is 1.82 bits per heavy atom. The van der Waals surface area contributed by atoms with Gasteiger partial charge in [-0.2, -0.15) is 0 Å². The summed E-state index contributed by atoms with van der Waals surface area (Å²) in [5.74, 6) is -12.4. The van der Waals surface area contributed by atoms with E-state index in [0.29, 0.717) is 18.5 Å². The third-order valence-corrected chi connectivity index (χ3v) is 11.9. The second kappa shape index (κ2) is 31.1. The summed E-state index contributed by atoms with van der Waals surface area (Å²) < 4.78 is 0. The summed E-state index contributed by atoms with van der Waals surface area (Å²) in [6.07, 6.45) is 1.28. The molecule has 1 aliphatic rings. The number of aromatic nitrogens is 2. The van der Waals surface area contributed by atoms with Gasteiger partial charge in [-0.05, 0) is 71.1 Å². The predicted octanol–water partition coefficient (Wildman–Crippen LogP) is -5.21. The van der Waals surface area contributed by atoms with Gasteiger partial charge in [-0.25, -0.2) is 4.98 Å². The molecule has 0 aromatic carbocycles. The van der Waals surface area contributed by atoms with Crippen LogP contribution in [0.3, 0.4) is 0 Å². The van der Waals surface area contributed by atoms with E-state index in [9.17, 15) is 67.7 Å². The third kappa shape index (κ3) is 21.9. The number of H-pyrrole nitrogens is 1. The fraction of sp³-hybridized carbons (Fsp3) is 0.652. The van der Waals surface area contributed by atoms with E-state index < -0.39 is 157 Å². The van der Waals surface area contributed by atoms with Gasteiger partial charge in [0, 0.05) is 37.8 Å². The maximum atomic E-state index is 14.0. The molecule has 0 spiro atoms. The van der Waals surface area contributed by atoms with Crippen LogP contribution in [0.5, 0.6) is 0 Å². The molecule has 0 bridgehead atoms. The first-order valence-electron chi connectivity index (χ1n) is 24.8. The molecular weight excluding hydrogens is 1000 g/mol. The minimum atomic E-state index is -1.79. The SMILES string of the molecule is CC(C)C[C@H](N)C(=O)N[C@H](C(=O)N[C@@H](CCC(=O)O)C(=O)N[C@@H](CCCN=C(N)N)C(=O)N[C@@H](CC(N)=O)C(=O)N[C@@H](C)C(=O)N[C@@H](Cc1cnc[nH]1)C(=O)N[C@@H](C)C(=O)N1CCC[C@H]1C(=O)N[C@@H](C)C(=O)O)C(C)C. The average molecular weight is 1080 g/mol. The zero-order valence-corrected chi connectivity index (χ0v) is 43.8. The van der Waals surface area contributed by atoms with Crippen LogP contribution in [0.1, 0.15) is 106 Å². The number of nitrogens with two attached hydrogens (primary N) is 4. The van der Waals surface area contributed by atoms with E-state index in [1.165, 1.54) is 38.2 Å². The summed E-state index contributed by atoms with van der Waals surface area (Å²) in [5.41, 5.74) is 22.7. The van der Waals surface area contributed by atoms with E-state index in [1.54, 1.807) is 13.8 Å². The Morgan fingerprint density at radius 2 is 1.26 bits per heavy atom. The van der Waals surface area contributed by atoms with Crippen LogP contribution < -0.4 is 65.5 Å². The molecule has 1 aromatic heterocycles. The number of hydrogen-bond acceptors (Lipinski definition) is 15. The fourth-order valence-corrected chi connectivity index (χ4v) is 7.74. The summed E-state index contributed by atoms with van der Waals surface area (Å²) in [5, 5.41) is 38.3. The van der Waals surface area contributed by atoms with Gasteiger partial charge in [0.05, 0.1) is 18.8 Å².